The number of benzene rings is 3. The third kappa shape index (κ3) is 8.66. The van der Waals surface area contributed by atoms with Crippen LogP contribution in [0.4, 0.5) is 4.79 Å². The fourth-order valence-electron chi connectivity index (χ4n) is 5.31. The van der Waals surface area contributed by atoms with Crippen molar-refractivity contribution in [2.45, 2.75) is 70.1 Å². The molecule has 0 radical (unpaired) electrons. The third-order valence-corrected chi connectivity index (χ3v) is 7.59. The van der Waals surface area contributed by atoms with Crippen LogP contribution in [-0.4, -0.2) is 48.4 Å². The number of amides is 2. The Labute approximate surface area is 247 Å². The number of alkyl carbamates (subject to hydrolysis) is 1. The summed E-state index contributed by atoms with van der Waals surface area (Å²) in [5.74, 6) is -1.20. The van der Waals surface area contributed by atoms with Gasteiger partial charge in [-0.1, -0.05) is 98.1 Å². The van der Waals surface area contributed by atoms with Crippen molar-refractivity contribution in [1.29, 1.82) is 0 Å². The Balaban J connectivity index is 1.32. The van der Waals surface area contributed by atoms with Gasteiger partial charge in [0.25, 0.3) is 0 Å². The summed E-state index contributed by atoms with van der Waals surface area (Å²) in [5.41, 5.74) is 5.48. The van der Waals surface area contributed by atoms with Crippen LogP contribution < -0.4 is 10.6 Å². The van der Waals surface area contributed by atoms with Crippen molar-refractivity contribution in [2.24, 2.45) is 0 Å². The highest BCUT2D eigenvalue weighted by Gasteiger charge is 2.31. The van der Waals surface area contributed by atoms with E-state index in [0.29, 0.717) is 19.6 Å². The first kappa shape index (κ1) is 30.8. The van der Waals surface area contributed by atoms with Gasteiger partial charge in [0.05, 0.1) is 12.7 Å². The predicted molar refractivity (Wildman–Crippen MR) is 161 cm³/mol. The zero-order valence-corrected chi connectivity index (χ0v) is 24.1. The molecule has 0 saturated carbocycles. The minimum Gasteiger partial charge on any atom is -0.481 e. The number of aliphatic carboxylic acids is 1. The van der Waals surface area contributed by atoms with E-state index in [1.807, 2.05) is 54.6 Å². The fraction of sp³-hybridized carbons (Fsp3) is 0.382. The molecule has 8 heteroatoms. The van der Waals surface area contributed by atoms with Crippen LogP contribution in [0.25, 0.3) is 11.1 Å². The van der Waals surface area contributed by atoms with E-state index in [0.717, 1.165) is 53.5 Å². The van der Waals surface area contributed by atoms with Gasteiger partial charge < -0.3 is 25.2 Å². The third-order valence-electron chi connectivity index (χ3n) is 7.59. The van der Waals surface area contributed by atoms with Gasteiger partial charge in [-0.05, 0) is 47.6 Å². The normalized spacial score (nSPS) is 13.5. The maximum Gasteiger partial charge on any atom is 0.407 e. The molecule has 3 N–H and O–H groups in total. The Morgan fingerprint density at radius 2 is 1.40 bits per heavy atom. The number of nitrogens with one attached hydrogen (secondary N) is 2. The van der Waals surface area contributed by atoms with E-state index in [1.165, 1.54) is 0 Å². The molecule has 42 heavy (non-hydrogen) atoms. The summed E-state index contributed by atoms with van der Waals surface area (Å²) in [6.45, 7) is 2.66. The molecule has 0 saturated heterocycles. The molecule has 4 rings (SSSR count). The summed E-state index contributed by atoms with van der Waals surface area (Å²) in [7, 11) is 0. The molecule has 3 aromatic carbocycles. The van der Waals surface area contributed by atoms with Crippen LogP contribution in [0.5, 0.6) is 0 Å². The van der Waals surface area contributed by atoms with Crippen LogP contribution in [0.1, 0.15) is 68.1 Å². The number of rotatable bonds is 16. The number of ether oxygens (including phenoxy) is 2. The molecule has 222 valence electrons. The van der Waals surface area contributed by atoms with Crippen LogP contribution >= 0.6 is 0 Å². The average molecular weight is 573 g/mol. The lowest BCUT2D eigenvalue weighted by molar-refractivity contribution is -0.137. The number of unbranched alkanes of at least 4 members (excludes halogenated alkanes) is 4. The summed E-state index contributed by atoms with van der Waals surface area (Å²) in [4.78, 5) is 36.9. The van der Waals surface area contributed by atoms with Crippen molar-refractivity contribution in [2.75, 3.05) is 13.2 Å². The lowest BCUT2D eigenvalue weighted by Gasteiger charge is -2.25. The molecule has 1 aliphatic carbocycles. The Kier molecular flexibility index (Phi) is 11.5. The van der Waals surface area contributed by atoms with E-state index >= 15 is 0 Å². The second-order valence-electron chi connectivity index (χ2n) is 10.7. The quantitative estimate of drug-likeness (QED) is 0.180. The largest absolute Gasteiger partial charge is 0.481 e. The first-order valence-electron chi connectivity index (χ1n) is 14.7. The summed E-state index contributed by atoms with van der Waals surface area (Å²) in [6.07, 6.45) is 2.94. The number of carbonyl (C=O) groups is 3. The van der Waals surface area contributed by atoms with E-state index in [4.69, 9.17) is 14.6 Å². The Morgan fingerprint density at radius 1 is 0.810 bits per heavy atom. The smallest absolute Gasteiger partial charge is 0.407 e. The number of carbonyl (C=O) groups excluding carboxylic acids is 2. The lowest BCUT2D eigenvalue weighted by Crippen LogP contribution is -2.53. The Hall–Kier alpha value is -4.17. The maximum atomic E-state index is 13.2. The molecule has 0 aromatic heterocycles. The van der Waals surface area contributed by atoms with Crippen LogP contribution in [0, 0.1) is 0 Å². The molecule has 0 fully saturated rings. The van der Waals surface area contributed by atoms with Crippen molar-refractivity contribution >= 4 is 18.0 Å². The van der Waals surface area contributed by atoms with Gasteiger partial charge in [-0.15, -0.1) is 0 Å². The molecule has 0 unspecified atom stereocenters. The first-order valence-corrected chi connectivity index (χ1v) is 14.7. The molecule has 0 bridgehead atoms. The van der Waals surface area contributed by atoms with E-state index in [2.05, 4.69) is 34.9 Å². The molecule has 0 spiro atoms. The van der Waals surface area contributed by atoms with Gasteiger partial charge in [-0.2, -0.15) is 0 Å². The SMILES string of the molecule is C[C@H](OCc1ccccc1)[C@@H](NC(=O)OCC1c2ccccc2-c2ccccc21)C(=O)NCCCCCCCC(=O)O. The Morgan fingerprint density at radius 3 is 2.07 bits per heavy atom. The van der Waals surface area contributed by atoms with E-state index in [1.54, 1.807) is 6.92 Å². The molecule has 1 aliphatic rings. The highest BCUT2D eigenvalue weighted by molar-refractivity contribution is 5.86. The van der Waals surface area contributed by atoms with Gasteiger partial charge in [0.15, 0.2) is 0 Å². The highest BCUT2D eigenvalue weighted by Crippen LogP contribution is 2.44. The van der Waals surface area contributed by atoms with Gasteiger partial charge in [-0.3, -0.25) is 9.59 Å². The molecular formula is C34H40N2O6. The molecule has 0 heterocycles. The first-order chi connectivity index (χ1) is 20.4. The molecule has 2 amide bonds. The van der Waals surface area contributed by atoms with Crippen molar-refractivity contribution in [3.8, 4) is 11.1 Å². The highest BCUT2D eigenvalue weighted by atomic mass is 16.5. The average Bonchev–Trinajstić information content (AvgIpc) is 3.32. The van der Waals surface area contributed by atoms with E-state index < -0.39 is 24.2 Å². The van der Waals surface area contributed by atoms with Gasteiger partial charge >= 0.3 is 12.1 Å². The second-order valence-corrected chi connectivity index (χ2v) is 10.7. The standard InChI is InChI=1S/C34H40N2O6/c1-24(41-22-25-14-6-5-7-15-25)32(33(39)35-21-13-4-2-3-8-20-31(37)38)36-34(40)42-23-30-28-18-11-9-16-26(28)27-17-10-12-19-29(27)30/h5-7,9-12,14-19,24,30,32H,2-4,8,13,20-23H2,1H3,(H,35,39)(H,36,40)(H,37,38)/t24-,32+/m0/s1. The zero-order valence-electron chi connectivity index (χ0n) is 24.1. The van der Waals surface area contributed by atoms with E-state index in [-0.39, 0.29) is 24.9 Å². The number of carboxylic acids is 1. The van der Waals surface area contributed by atoms with Crippen molar-refractivity contribution in [3.63, 3.8) is 0 Å². The minimum absolute atomic E-state index is 0.0855. The van der Waals surface area contributed by atoms with Crippen molar-refractivity contribution < 1.29 is 29.0 Å². The minimum atomic E-state index is -0.945. The number of hydrogen-bond donors (Lipinski definition) is 3. The topological polar surface area (TPSA) is 114 Å². The van der Waals surface area contributed by atoms with Crippen LogP contribution in [0.15, 0.2) is 78.9 Å². The van der Waals surface area contributed by atoms with Crippen molar-refractivity contribution in [3.05, 3.63) is 95.6 Å². The van der Waals surface area contributed by atoms with Crippen LogP contribution in [-0.2, 0) is 25.7 Å². The van der Waals surface area contributed by atoms with Gasteiger partial charge in [0, 0.05) is 18.9 Å². The van der Waals surface area contributed by atoms with Crippen LogP contribution in [0.3, 0.4) is 0 Å². The summed E-state index contributed by atoms with van der Waals surface area (Å²) >= 11 is 0. The molecule has 0 aliphatic heterocycles. The van der Waals surface area contributed by atoms with Gasteiger partial charge in [0.1, 0.15) is 12.6 Å². The monoisotopic (exact) mass is 572 g/mol. The predicted octanol–water partition coefficient (Wildman–Crippen LogP) is 6.04. The van der Waals surface area contributed by atoms with Crippen molar-refractivity contribution in [1.82, 2.24) is 10.6 Å². The lowest BCUT2D eigenvalue weighted by atomic mass is 9.98. The molecular weight excluding hydrogens is 532 g/mol. The number of carboxylic acid groups (broad SMARTS) is 1. The van der Waals surface area contributed by atoms with Gasteiger partial charge in [0.2, 0.25) is 5.91 Å². The summed E-state index contributed by atoms with van der Waals surface area (Å²) in [5, 5.41) is 14.4. The molecule has 3 aromatic rings. The van der Waals surface area contributed by atoms with Gasteiger partial charge in [-0.25, -0.2) is 4.79 Å². The second kappa shape index (κ2) is 15.7. The molecule has 8 nitrogen and oxygen atoms in total. The number of hydrogen-bond acceptors (Lipinski definition) is 5. The van der Waals surface area contributed by atoms with Crippen LogP contribution in [0.2, 0.25) is 0 Å². The summed E-state index contributed by atoms with van der Waals surface area (Å²) < 4.78 is 11.7. The zero-order chi connectivity index (χ0) is 29.7. The molecule has 2 atom stereocenters. The fourth-order valence-corrected chi connectivity index (χ4v) is 5.31. The maximum absolute atomic E-state index is 13.2. The van der Waals surface area contributed by atoms with E-state index in [9.17, 15) is 14.4 Å². The Bertz CT molecular complexity index is 1280. The number of fused-ring (bicyclic) bond motifs is 3. The summed E-state index contributed by atoms with van der Waals surface area (Å²) in [6, 6.07) is 25.0.